The summed E-state index contributed by atoms with van der Waals surface area (Å²) in [6, 6.07) is 5.74. The van der Waals surface area contributed by atoms with E-state index in [1.807, 2.05) is 0 Å². The number of hydrogen-bond donors (Lipinski definition) is 2. The average molecular weight is 236 g/mol. The first-order valence-corrected chi connectivity index (χ1v) is 5.83. The van der Waals surface area contributed by atoms with Gasteiger partial charge in [0.05, 0.1) is 5.75 Å². The molecular weight excluding hydrogens is 226 g/mol. The maximum Gasteiger partial charge on any atom is 0.266 e. The zero-order chi connectivity index (χ0) is 10.8. The molecular formula is C8H10ClNO3S. The van der Waals surface area contributed by atoms with Crippen LogP contribution in [0.5, 0.6) is 0 Å². The number of halogens is 1. The Bertz CT molecular complexity index is 401. The van der Waals surface area contributed by atoms with Crippen LogP contribution in [0.15, 0.2) is 24.3 Å². The Morgan fingerprint density at radius 3 is 2.29 bits per heavy atom. The maximum absolute atomic E-state index is 10.5. The molecule has 3 N–H and O–H groups in total. The van der Waals surface area contributed by atoms with Crippen LogP contribution in [0.1, 0.15) is 11.6 Å². The highest BCUT2D eigenvalue weighted by Crippen LogP contribution is 2.15. The summed E-state index contributed by atoms with van der Waals surface area (Å²) in [5.74, 6) is -0.491. The van der Waals surface area contributed by atoms with Crippen LogP contribution in [0.2, 0.25) is 5.02 Å². The molecule has 14 heavy (non-hydrogen) atoms. The maximum atomic E-state index is 10.5. The SMILES string of the molecule is N[C@H](CS(=O)(=O)O)c1ccc(Cl)cc1. The molecule has 0 aliphatic heterocycles. The number of rotatable bonds is 3. The zero-order valence-corrected chi connectivity index (χ0v) is 8.79. The lowest BCUT2D eigenvalue weighted by molar-refractivity contribution is 0.478. The van der Waals surface area contributed by atoms with Crippen LogP contribution in [-0.2, 0) is 10.1 Å². The number of hydrogen-bond acceptors (Lipinski definition) is 3. The van der Waals surface area contributed by atoms with E-state index in [4.69, 9.17) is 21.9 Å². The van der Waals surface area contributed by atoms with Gasteiger partial charge in [0.25, 0.3) is 10.1 Å². The predicted octanol–water partition coefficient (Wildman–Crippen LogP) is 1.23. The summed E-state index contributed by atoms with van der Waals surface area (Å²) < 4.78 is 29.6. The quantitative estimate of drug-likeness (QED) is 0.773. The first-order valence-electron chi connectivity index (χ1n) is 3.85. The van der Waals surface area contributed by atoms with Crippen LogP contribution < -0.4 is 5.73 Å². The van der Waals surface area contributed by atoms with Gasteiger partial charge >= 0.3 is 0 Å². The molecule has 0 aliphatic rings. The Morgan fingerprint density at radius 2 is 1.86 bits per heavy atom. The molecule has 0 spiro atoms. The lowest BCUT2D eigenvalue weighted by atomic mass is 10.1. The highest BCUT2D eigenvalue weighted by Gasteiger charge is 2.14. The van der Waals surface area contributed by atoms with Crippen molar-refractivity contribution in [2.45, 2.75) is 6.04 Å². The fourth-order valence-corrected chi connectivity index (χ4v) is 1.81. The van der Waals surface area contributed by atoms with Crippen LogP contribution in [0.4, 0.5) is 0 Å². The topological polar surface area (TPSA) is 80.4 Å². The van der Waals surface area contributed by atoms with Crippen molar-refractivity contribution in [3.05, 3.63) is 34.9 Å². The smallest absolute Gasteiger partial charge is 0.266 e. The molecule has 1 aromatic rings. The molecule has 1 aromatic carbocycles. The zero-order valence-electron chi connectivity index (χ0n) is 7.22. The second kappa shape index (κ2) is 4.27. The molecule has 0 aliphatic carbocycles. The molecule has 6 heteroatoms. The van der Waals surface area contributed by atoms with Crippen molar-refractivity contribution in [2.24, 2.45) is 5.73 Å². The highest BCUT2D eigenvalue weighted by molar-refractivity contribution is 7.85. The van der Waals surface area contributed by atoms with E-state index in [0.29, 0.717) is 10.6 Å². The van der Waals surface area contributed by atoms with E-state index in [9.17, 15) is 8.42 Å². The van der Waals surface area contributed by atoms with E-state index in [1.54, 1.807) is 24.3 Å². The van der Waals surface area contributed by atoms with Gasteiger partial charge in [-0.2, -0.15) is 8.42 Å². The van der Waals surface area contributed by atoms with Gasteiger partial charge in [-0.05, 0) is 17.7 Å². The highest BCUT2D eigenvalue weighted by atomic mass is 35.5. The average Bonchev–Trinajstić information content (AvgIpc) is 2.02. The summed E-state index contributed by atoms with van der Waals surface area (Å²) in [6.07, 6.45) is 0. The third-order valence-electron chi connectivity index (χ3n) is 1.69. The van der Waals surface area contributed by atoms with Crippen molar-refractivity contribution in [1.82, 2.24) is 0 Å². The second-order valence-electron chi connectivity index (χ2n) is 2.91. The van der Waals surface area contributed by atoms with E-state index in [-0.39, 0.29) is 0 Å². The van der Waals surface area contributed by atoms with E-state index >= 15 is 0 Å². The lowest BCUT2D eigenvalue weighted by Crippen LogP contribution is -2.20. The molecule has 1 rings (SSSR count). The van der Waals surface area contributed by atoms with Gasteiger partial charge in [-0.15, -0.1) is 0 Å². The van der Waals surface area contributed by atoms with Crippen molar-refractivity contribution in [3.63, 3.8) is 0 Å². The van der Waals surface area contributed by atoms with Crippen LogP contribution >= 0.6 is 11.6 Å². The number of benzene rings is 1. The van der Waals surface area contributed by atoms with E-state index in [2.05, 4.69) is 0 Å². The monoisotopic (exact) mass is 235 g/mol. The lowest BCUT2D eigenvalue weighted by Gasteiger charge is -2.09. The van der Waals surface area contributed by atoms with Gasteiger partial charge in [-0.3, -0.25) is 4.55 Å². The van der Waals surface area contributed by atoms with Crippen molar-refractivity contribution in [1.29, 1.82) is 0 Å². The normalized spacial score (nSPS) is 13.9. The first-order chi connectivity index (χ1) is 6.38. The van der Waals surface area contributed by atoms with E-state index in [1.165, 1.54) is 0 Å². The fourth-order valence-electron chi connectivity index (χ4n) is 1.03. The van der Waals surface area contributed by atoms with E-state index < -0.39 is 21.9 Å². The first kappa shape index (κ1) is 11.5. The molecule has 0 radical (unpaired) electrons. The summed E-state index contributed by atoms with van der Waals surface area (Å²) in [5.41, 5.74) is 6.17. The van der Waals surface area contributed by atoms with Crippen molar-refractivity contribution >= 4 is 21.7 Å². The standard InChI is InChI=1S/C8H10ClNO3S/c9-7-3-1-6(2-4-7)8(10)5-14(11,12)13/h1-4,8H,5,10H2,(H,11,12,13)/t8-/m1/s1. The molecule has 0 bridgehead atoms. The molecule has 78 valence electrons. The van der Waals surface area contributed by atoms with Crippen molar-refractivity contribution < 1.29 is 13.0 Å². The minimum Gasteiger partial charge on any atom is -0.323 e. The Labute approximate surface area is 87.4 Å². The third kappa shape index (κ3) is 3.63. The van der Waals surface area contributed by atoms with Crippen LogP contribution in [-0.4, -0.2) is 18.7 Å². The van der Waals surface area contributed by atoms with Gasteiger partial charge in [0.15, 0.2) is 0 Å². The molecule has 0 fully saturated rings. The summed E-state index contributed by atoms with van der Waals surface area (Å²) in [4.78, 5) is 0. The van der Waals surface area contributed by atoms with Gasteiger partial charge in [0, 0.05) is 11.1 Å². The molecule has 0 aromatic heterocycles. The van der Waals surface area contributed by atoms with Gasteiger partial charge in [-0.25, -0.2) is 0 Å². The Hall–Kier alpha value is -0.620. The molecule has 0 saturated heterocycles. The summed E-state index contributed by atoms with van der Waals surface area (Å²) in [5, 5.41) is 0.549. The summed E-state index contributed by atoms with van der Waals surface area (Å²) in [6.45, 7) is 0. The van der Waals surface area contributed by atoms with Crippen molar-refractivity contribution in [3.8, 4) is 0 Å². The Kier molecular flexibility index (Phi) is 3.49. The summed E-state index contributed by atoms with van der Waals surface area (Å²) in [7, 11) is -4.04. The minimum atomic E-state index is -4.04. The largest absolute Gasteiger partial charge is 0.323 e. The molecule has 4 nitrogen and oxygen atoms in total. The van der Waals surface area contributed by atoms with Crippen LogP contribution in [0.25, 0.3) is 0 Å². The van der Waals surface area contributed by atoms with Gasteiger partial charge in [-0.1, -0.05) is 23.7 Å². The molecule has 0 unspecified atom stereocenters. The van der Waals surface area contributed by atoms with Crippen LogP contribution in [0.3, 0.4) is 0 Å². The van der Waals surface area contributed by atoms with Gasteiger partial charge < -0.3 is 5.73 Å². The molecule has 0 saturated carbocycles. The minimum absolute atomic E-state index is 0.491. The molecule has 0 heterocycles. The summed E-state index contributed by atoms with van der Waals surface area (Å²) >= 11 is 5.64. The third-order valence-corrected chi connectivity index (χ3v) is 2.72. The van der Waals surface area contributed by atoms with Crippen LogP contribution in [0, 0.1) is 0 Å². The van der Waals surface area contributed by atoms with Crippen molar-refractivity contribution in [2.75, 3.05) is 5.75 Å². The second-order valence-corrected chi connectivity index (χ2v) is 4.84. The Balaban J connectivity index is 2.80. The van der Waals surface area contributed by atoms with Gasteiger partial charge in [0.2, 0.25) is 0 Å². The fraction of sp³-hybridized carbons (Fsp3) is 0.250. The molecule has 1 atom stereocenters. The molecule has 0 amide bonds. The van der Waals surface area contributed by atoms with Gasteiger partial charge in [0.1, 0.15) is 0 Å². The Morgan fingerprint density at radius 1 is 1.36 bits per heavy atom. The number of nitrogens with two attached hydrogens (primary N) is 1. The predicted molar refractivity (Wildman–Crippen MR) is 54.8 cm³/mol. The van der Waals surface area contributed by atoms with E-state index in [0.717, 1.165) is 0 Å².